The summed E-state index contributed by atoms with van der Waals surface area (Å²) in [4.78, 5) is 2.42. The van der Waals surface area contributed by atoms with E-state index in [1.807, 2.05) is 11.3 Å². The van der Waals surface area contributed by atoms with E-state index < -0.39 is 0 Å². The molecule has 0 N–H and O–H groups in total. The number of fused-ring (bicyclic) bond motifs is 6. The number of hydrogen-bond donors (Lipinski definition) is 0. The Bertz CT molecular complexity index is 2810. The lowest BCUT2D eigenvalue weighted by atomic mass is 9.92. The minimum atomic E-state index is 1.11. The molecule has 51 heavy (non-hydrogen) atoms. The second-order valence-corrected chi connectivity index (χ2v) is 14.0. The first-order valence-corrected chi connectivity index (χ1v) is 18.2. The fraction of sp³-hybridized carbons (Fsp3) is 0. The predicted molar refractivity (Wildman–Crippen MR) is 219 cm³/mol. The number of anilines is 3. The largest absolute Gasteiger partial charge is 0.309 e. The third kappa shape index (κ3) is 4.85. The van der Waals surface area contributed by atoms with Crippen LogP contribution in [-0.2, 0) is 0 Å². The van der Waals surface area contributed by atoms with Crippen molar-refractivity contribution >= 4 is 70.4 Å². The molecular formula is C48H32N2S. The molecule has 0 aliphatic rings. The molecule has 0 unspecified atom stereocenters. The van der Waals surface area contributed by atoms with Gasteiger partial charge in [0, 0.05) is 43.2 Å². The van der Waals surface area contributed by atoms with Gasteiger partial charge in [0.2, 0.25) is 0 Å². The molecule has 0 bridgehead atoms. The first-order valence-electron chi connectivity index (χ1n) is 17.4. The van der Waals surface area contributed by atoms with Gasteiger partial charge in [0.25, 0.3) is 0 Å². The van der Waals surface area contributed by atoms with E-state index in [1.54, 1.807) is 0 Å². The Labute approximate surface area is 300 Å². The minimum Gasteiger partial charge on any atom is -0.309 e. The van der Waals surface area contributed by atoms with E-state index >= 15 is 0 Å². The molecule has 0 aliphatic carbocycles. The standard InChI is InChI=1S/C48H32N2S/c1-3-16-33(17-4-1)42-32-35(49(34-18-5-2-6-19-34)46-28-15-24-41-40-23-10-14-29-47(40)51-48(41)46)30-31-36(42)37-20-7-11-25-43(37)50-44-26-12-8-21-38(44)39-22-9-13-27-45(39)50/h1-32H. The van der Waals surface area contributed by atoms with Gasteiger partial charge in [-0.05, 0) is 71.3 Å². The summed E-state index contributed by atoms with van der Waals surface area (Å²) in [6, 6.07) is 70.4. The summed E-state index contributed by atoms with van der Waals surface area (Å²) in [5.41, 5.74) is 11.7. The van der Waals surface area contributed by atoms with Crippen molar-refractivity contribution in [1.82, 2.24) is 4.57 Å². The SMILES string of the molecule is c1ccc(-c2cc(N(c3ccccc3)c3cccc4c3sc3ccccc34)ccc2-c2ccccc2-n2c3ccccc3c3ccccc32)cc1. The van der Waals surface area contributed by atoms with Crippen molar-refractivity contribution in [1.29, 1.82) is 0 Å². The second-order valence-electron chi connectivity index (χ2n) is 12.9. The molecule has 0 aliphatic heterocycles. The Morgan fingerprint density at radius 3 is 1.76 bits per heavy atom. The predicted octanol–water partition coefficient (Wildman–Crippen LogP) is 14.0. The van der Waals surface area contributed by atoms with Crippen molar-refractivity contribution in [3.8, 4) is 27.9 Å². The molecule has 0 amide bonds. The highest BCUT2D eigenvalue weighted by molar-refractivity contribution is 7.26. The molecule has 0 radical (unpaired) electrons. The van der Waals surface area contributed by atoms with E-state index in [4.69, 9.17) is 0 Å². The lowest BCUT2D eigenvalue weighted by molar-refractivity contribution is 1.18. The highest BCUT2D eigenvalue weighted by atomic mass is 32.1. The molecule has 10 rings (SSSR count). The average molecular weight is 669 g/mol. The van der Waals surface area contributed by atoms with Crippen LogP contribution in [0.3, 0.4) is 0 Å². The van der Waals surface area contributed by atoms with Crippen molar-refractivity contribution in [2.45, 2.75) is 0 Å². The van der Waals surface area contributed by atoms with Gasteiger partial charge in [0.1, 0.15) is 0 Å². The van der Waals surface area contributed by atoms with E-state index in [2.05, 4.69) is 204 Å². The zero-order chi connectivity index (χ0) is 33.7. The summed E-state index contributed by atoms with van der Waals surface area (Å²) >= 11 is 1.86. The van der Waals surface area contributed by atoms with Gasteiger partial charge in [0.05, 0.1) is 27.1 Å². The Morgan fingerprint density at radius 2 is 1.00 bits per heavy atom. The van der Waals surface area contributed by atoms with Gasteiger partial charge in [-0.1, -0.05) is 140 Å². The number of benzene rings is 8. The molecule has 2 aromatic heterocycles. The van der Waals surface area contributed by atoms with Gasteiger partial charge in [-0.15, -0.1) is 11.3 Å². The summed E-state index contributed by atoms with van der Waals surface area (Å²) < 4.78 is 5.01. The lowest BCUT2D eigenvalue weighted by Crippen LogP contribution is -2.10. The second kappa shape index (κ2) is 12.2. The van der Waals surface area contributed by atoms with Crippen molar-refractivity contribution in [2.75, 3.05) is 4.90 Å². The van der Waals surface area contributed by atoms with Gasteiger partial charge in [0.15, 0.2) is 0 Å². The first kappa shape index (κ1) is 29.5. The Balaban J connectivity index is 1.23. The number of hydrogen-bond acceptors (Lipinski definition) is 2. The number of para-hydroxylation sites is 4. The van der Waals surface area contributed by atoms with Gasteiger partial charge in [-0.2, -0.15) is 0 Å². The van der Waals surface area contributed by atoms with Crippen LogP contribution in [0.15, 0.2) is 194 Å². The van der Waals surface area contributed by atoms with Crippen molar-refractivity contribution in [2.24, 2.45) is 0 Å². The van der Waals surface area contributed by atoms with Crippen LogP contribution < -0.4 is 4.90 Å². The molecule has 8 aromatic carbocycles. The van der Waals surface area contributed by atoms with E-state index in [1.165, 1.54) is 69.9 Å². The molecule has 0 atom stereocenters. The summed E-state index contributed by atoms with van der Waals surface area (Å²) in [6.45, 7) is 0. The molecule has 0 fully saturated rings. The van der Waals surface area contributed by atoms with Crippen molar-refractivity contribution < 1.29 is 0 Å². The molecule has 0 saturated carbocycles. The van der Waals surface area contributed by atoms with Crippen LogP contribution in [-0.4, -0.2) is 4.57 Å². The van der Waals surface area contributed by atoms with Gasteiger partial charge in [-0.25, -0.2) is 0 Å². The maximum Gasteiger partial charge on any atom is 0.0640 e. The maximum absolute atomic E-state index is 2.43. The smallest absolute Gasteiger partial charge is 0.0640 e. The monoisotopic (exact) mass is 668 g/mol. The molecule has 3 heteroatoms. The van der Waals surface area contributed by atoms with Crippen LogP contribution in [0.4, 0.5) is 17.1 Å². The number of nitrogens with zero attached hydrogens (tertiary/aromatic N) is 2. The van der Waals surface area contributed by atoms with Crippen LogP contribution in [0, 0.1) is 0 Å². The van der Waals surface area contributed by atoms with E-state index in [0.29, 0.717) is 0 Å². The molecule has 0 saturated heterocycles. The Morgan fingerprint density at radius 1 is 0.392 bits per heavy atom. The van der Waals surface area contributed by atoms with Crippen LogP contribution >= 0.6 is 11.3 Å². The quantitative estimate of drug-likeness (QED) is 0.171. The molecule has 2 heterocycles. The fourth-order valence-corrected chi connectivity index (χ4v) is 8.96. The topological polar surface area (TPSA) is 8.17 Å². The number of rotatable bonds is 6. The number of aromatic nitrogens is 1. The molecule has 0 spiro atoms. The summed E-state index contributed by atoms with van der Waals surface area (Å²) in [7, 11) is 0. The van der Waals surface area contributed by atoms with Crippen LogP contribution in [0.1, 0.15) is 0 Å². The van der Waals surface area contributed by atoms with E-state index in [0.717, 1.165) is 17.1 Å². The molecule has 10 aromatic rings. The Hall–Kier alpha value is -6.42. The molecular weight excluding hydrogens is 637 g/mol. The molecule has 240 valence electrons. The fourth-order valence-electron chi connectivity index (χ4n) is 7.75. The van der Waals surface area contributed by atoms with Crippen LogP contribution in [0.5, 0.6) is 0 Å². The van der Waals surface area contributed by atoms with Gasteiger partial charge < -0.3 is 9.47 Å². The van der Waals surface area contributed by atoms with Crippen molar-refractivity contribution in [3.05, 3.63) is 194 Å². The summed E-state index contributed by atoms with van der Waals surface area (Å²) in [5, 5.41) is 5.11. The maximum atomic E-state index is 2.43. The van der Waals surface area contributed by atoms with E-state index in [-0.39, 0.29) is 0 Å². The van der Waals surface area contributed by atoms with E-state index in [9.17, 15) is 0 Å². The zero-order valence-corrected chi connectivity index (χ0v) is 28.6. The van der Waals surface area contributed by atoms with Gasteiger partial charge >= 0.3 is 0 Å². The molecule has 2 nitrogen and oxygen atoms in total. The number of thiophene rings is 1. The normalized spacial score (nSPS) is 11.5. The highest BCUT2D eigenvalue weighted by Crippen LogP contribution is 2.47. The zero-order valence-electron chi connectivity index (χ0n) is 27.8. The Kier molecular flexibility index (Phi) is 7.04. The summed E-state index contributed by atoms with van der Waals surface area (Å²) in [6.07, 6.45) is 0. The average Bonchev–Trinajstić information content (AvgIpc) is 3.75. The third-order valence-corrected chi connectivity index (χ3v) is 11.2. The summed E-state index contributed by atoms with van der Waals surface area (Å²) in [5.74, 6) is 0. The van der Waals surface area contributed by atoms with Crippen LogP contribution in [0.25, 0.3) is 69.9 Å². The minimum absolute atomic E-state index is 1.11. The van der Waals surface area contributed by atoms with Gasteiger partial charge in [-0.3, -0.25) is 0 Å². The third-order valence-electron chi connectivity index (χ3n) is 10.0. The first-order chi connectivity index (χ1) is 25.3. The highest BCUT2D eigenvalue weighted by Gasteiger charge is 2.21. The lowest BCUT2D eigenvalue weighted by Gasteiger charge is -2.27. The van der Waals surface area contributed by atoms with Crippen LogP contribution in [0.2, 0.25) is 0 Å². The van der Waals surface area contributed by atoms with Crippen molar-refractivity contribution in [3.63, 3.8) is 0 Å².